The number of aromatic nitrogens is 4. The molecule has 4 aromatic carbocycles. The van der Waals surface area contributed by atoms with Crippen molar-refractivity contribution in [3.05, 3.63) is 118 Å². The lowest BCUT2D eigenvalue weighted by Crippen LogP contribution is -2.58. The highest BCUT2D eigenvalue weighted by Gasteiger charge is 2.44. The van der Waals surface area contributed by atoms with Crippen molar-refractivity contribution in [2.24, 2.45) is 0 Å². The lowest BCUT2D eigenvalue weighted by Gasteiger charge is -2.46. The third kappa shape index (κ3) is 4.02. The maximum Gasteiger partial charge on any atom is 0.271 e. The SMILES string of the molecule is CCn1c2nc3cc(ccc31)NC(c1ccccc1)(N(Cc1ccccc1)c1nc3cc([N+](=O)[O-])ccc3n1CC)N2. The van der Waals surface area contributed by atoms with E-state index in [-0.39, 0.29) is 10.6 Å². The average Bonchev–Trinajstić information content (AvgIpc) is 3.58. The smallest absolute Gasteiger partial charge is 0.271 e. The van der Waals surface area contributed by atoms with E-state index in [0.29, 0.717) is 24.6 Å². The van der Waals surface area contributed by atoms with Gasteiger partial charge in [0.1, 0.15) is 0 Å². The van der Waals surface area contributed by atoms with Crippen LogP contribution < -0.4 is 15.5 Å². The van der Waals surface area contributed by atoms with Crippen LogP contribution in [-0.2, 0) is 25.4 Å². The summed E-state index contributed by atoms with van der Waals surface area (Å²) < 4.78 is 4.29. The predicted molar refractivity (Wildman–Crippen MR) is 165 cm³/mol. The first-order chi connectivity index (χ1) is 20.5. The zero-order chi connectivity index (χ0) is 28.8. The molecule has 0 radical (unpaired) electrons. The first kappa shape index (κ1) is 25.6. The van der Waals surface area contributed by atoms with E-state index in [2.05, 4.69) is 81.0 Å². The molecule has 0 spiro atoms. The number of fused-ring (bicyclic) bond motifs is 3. The summed E-state index contributed by atoms with van der Waals surface area (Å²) in [4.78, 5) is 23.6. The zero-order valence-electron chi connectivity index (χ0n) is 23.4. The Morgan fingerprint density at radius 2 is 1.48 bits per heavy atom. The highest BCUT2D eigenvalue weighted by Crippen LogP contribution is 2.41. The van der Waals surface area contributed by atoms with Crippen LogP contribution in [0, 0.1) is 10.1 Å². The number of hydrogen-bond acceptors (Lipinski definition) is 7. The summed E-state index contributed by atoms with van der Waals surface area (Å²) in [7, 11) is 0. The Kier molecular flexibility index (Phi) is 6.04. The summed E-state index contributed by atoms with van der Waals surface area (Å²) in [5.74, 6) is 0.345. The minimum Gasteiger partial charge on any atom is -0.342 e. The third-order valence-corrected chi connectivity index (χ3v) is 7.94. The van der Waals surface area contributed by atoms with E-state index < -0.39 is 5.79 Å². The summed E-state index contributed by atoms with van der Waals surface area (Å²) in [6.45, 7) is 6.00. The van der Waals surface area contributed by atoms with Gasteiger partial charge in [-0.2, -0.15) is 0 Å². The van der Waals surface area contributed by atoms with E-state index in [0.717, 1.165) is 45.9 Å². The Morgan fingerprint density at radius 3 is 2.19 bits per heavy atom. The highest BCUT2D eigenvalue weighted by atomic mass is 16.6. The Hall–Kier alpha value is -5.38. The predicted octanol–water partition coefficient (Wildman–Crippen LogP) is 6.69. The van der Waals surface area contributed by atoms with Crippen molar-refractivity contribution in [3.8, 4) is 0 Å². The standard InChI is InChI=1S/C32H30N8O2/c1-3-37-28-17-15-24-19-26(28)33-30(37)36-32(35-24,23-13-9-6-10-14-23)39(21-22-11-7-5-8-12-22)31-34-27-20-25(40(41)42)16-18-29(27)38(31)4-2/h5-20,35H,3-4,21H2,1-2H3,(H,33,36). The molecule has 6 aromatic rings. The van der Waals surface area contributed by atoms with Gasteiger partial charge in [0.25, 0.3) is 5.69 Å². The quantitative estimate of drug-likeness (QED) is 0.158. The molecule has 3 bridgehead atoms. The topological polar surface area (TPSA) is 106 Å². The molecule has 2 N–H and O–H groups in total. The fourth-order valence-corrected chi connectivity index (χ4v) is 5.98. The van der Waals surface area contributed by atoms with Gasteiger partial charge < -0.3 is 19.8 Å². The molecule has 1 aliphatic rings. The molecular weight excluding hydrogens is 528 g/mol. The zero-order valence-corrected chi connectivity index (χ0v) is 23.4. The molecule has 10 heteroatoms. The maximum absolute atomic E-state index is 11.6. The monoisotopic (exact) mass is 558 g/mol. The van der Waals surface area contributed by atoms with Crippen molar-refractivity contribution in [1.82, 2.24) is 19.1 Å². The fourth-order valence-electron chi connectivity index (χ4n) is 5.98. The highest BCUT2D eigenvalue weighted by molar-refractivity contribution is 5.85. The average molecular weight is 559 g/mol. The van der Waals surface area contributed by atoms with Gasteiger partial charge in [-0.15, -0.1) is 0 Å². The van der Waals surface area contributed by atoms with Gasteiger partial charge in [-0.25, -0.2) is 9.97 Å². The molecule has 0 saturated carbocycles. The van der Waals surface area contributed by atoms with E-state index in [1.165, 1.54) is 6.07 Å². The minimum atomic E-state index is -1.05. The van der Waals surface area contributed by atoms with Crippen LogP contribution >= 0.6 is 0 Å². The molecule has 42 heavy (non-hydrogen) atoms. The number of aryl methyl sites for hydroxylation is 2. The maximum atomic E-state index is 11.6. The van der Waals surface area contributed by atoms with E-state index in [1.807, 2.05) is 36.4 Å². The largest absolute Gasteiger partial charge is 0.342 e. The molecule has 1 aliphatic heterocycles. The molecule has 3 heterocycles. The molecule has 10 nitrogen and oxygen atoms in total. The molecule has 210 valence electrons. The second-order valence-electron chi connectivity index (χ2n) is 10.4. The van der Waals surface area contributed by atoms with Crippen LogP contribution in [0.3, 0.4) is 0 Å². The normalized spacial score (nSPS) is 15.9. The van der Waals surface area contributed by atoms with Gasteiger partial charge in [0.2, 0.25) is 17.7 Å². The van der Waals surface area contributed by atoms with Crippen LogP contribution in [0.25, 0.3) is 22.1 Å². The Balaban J connectivity index is 1.53. The van der Waals surface area contributed by atoms with Crippen LogP contribution in [-0.4, -0.2) is 24.0 Å². The van der Waals surface area contributed by atoms with Crippen LogP contribution in [0.4, 0.5) is 23.3 Å². The van der Waals surface area contributed by atoms with Crippen LogP contribution in [0.1, 0.15) is 25.0 Å². The van der Waals surface area contributed by atoms with Crippen molar-refractivity contribution >= 4 is 45.3 Å². The van der Waals surface area contributed by atoms with Crippen molar-refractivity contribution in [3.63, 3.8) is 0 Å². The number of hydrogen-bond donors (Lipinski definition) is 2. The van der Waals surface area contributed by atoms with Crippen molar-refractivity contribution in [2.45, 2.75) is 39.3 Å². The van der Waals surface area contributed by atoms with Gasteiger partial charge in [0.05, 0.1) is 33.5 Å². The van der Waals surface area contributed by atoms with Gasteiger partial charge in [-0.3, -0.25) is 15.0 Å². The number of nitro benzene ring substituents is 1. The van der Waals surface area contributed by atoms with E-state index in [4.69, 9.17) is 9.97 Å². The van der Waals surface area contributed by atoms with Crippen LogP contribution in [0.5, 0.6) is 0 Å². The van der Waals surface area contributed by atoms with Crippen molar-refractivity contribution in [1.29, 1.82) is 0 Å². The Bertz CT molecular complexity index is 1930. The Labute approximate surface area is 242 Å². The van der Waals surface area contributed by atoms with Gasteiger partial charge in [0, 0.05) is 36.5 Å². The fraction of sp³-hybridized carbons (Fsp3) is 0.188. The van der Waals surface area contributed by atoms with Crippen molar-refractivity contribution in [2.75, 3.05) is 15.5 Å². The summed E-state index contributed by atoms with van der Waals surface area (Å²) in [5, 5.41) is 19.3. The molecular formula is C32H30N8O2. The first-order valence-electron chi connectivity index (χ1n) is 14.1. The number of nitrogens with zero attached hydrogens (tertiary/aromatic N) is 6. The first-order valence-corrected chi connectivity index (χ1v) is 14.1. The lowest BCUT2D eigenvalue weighted by atomic mass is 10.0. The summed E-state index contributed by atoms with van der Waals surface area (Å²) in [5.41, 5.74) is 6.30. The number of rotatable bonds is 8. The molecule has 2 aromatic heterocycles. The van der Waals surface area contributed by atoms with Crippen molar-refractivity contribution < 1.29 is 4.92 Å². The Morgan fingerprint density at radius 1 is 0.810 bits per heavy atom. The van der Waals surface area contributed by atoms with Gasteiger partial charge in [-0.05, 0) is 43.7 Å². The molecule has 1 atom stereocenters. The van der Waals surface area contributed by atoms with Crippen LogP contribution in [0.2, 0.25) is 0 Å². The van der Waals surface area contributed by atoms with Crippen LogP contribution in [0.15, 0.2) is 97.1 Å². The summed E-state index contributed by atoms with van der Waals surface area (Å²) >= 11 is 0. The number of nitro groups is 1. The number of benzene rings is 4. The summed E-state index contributed by atoms with van der Waals surface area (Å²) in [6.07, 6.45) is 0. The molecule has 1 unspecified atom stereocenters. The number of anilines is 3. The number of imidazole rings is 2. The van der Waals surface area contributed by atoms with E-state index in [1.54, 1.807) is 12.1 Å². The van der Waals surface area contributed by atoms with Gasteiger partial charge in [0.15, 0.2) is 0 Å². The lowest BCUT2D eigenvalue weighted by molar-refractivity contribution is -0.384. The summed E-state index contributed by atoms with van der Waals surface area (Å²) in [6, 6.07) is 31.6. The van der Waals surface area contributed by atoms with Gasteiger partial charge >= 0.3 is 0 Å². The second-order valence-corrected chi connectivity index (χ2v) is 10.4. The van der Waals surface area contributed by atoms with E-state index in [9.17, 15) is 10.1 Å². The third-order valence-electron chi connectivity index (χ3n) is 7.94. The molecule has 0 amide bonds. The second kappa shape index (κ2) is 9.91. The van der Waals surface area contributed by atoms with Gasteiger partial charge in [-0.1, -0.05) is 60.7 Å². The number of nitrogens with one attached hydrogen (secondary N) is 2. The molecule has 7 rings (SSSR count). The van der Waals surface area contributed by atoms with E-state index >= 15 is 0 Å². The molecule has 0 fully saturated rings. The molecule has 0 saturated heterocycles. The minimum absolute atomic E-state index is 0.00988. The number of non-ortho nitro benzene ring substituents is 1. The molecule has 0 aliphatic carbocycles.